The molecule has 0 saturated carbocycles. The molecule has 0 spiro atoms. The van der Waals surface area contributed by atoms with Crippen LogP contribution in [0.1, 0.15) is 18.9 Å². The molecule has 0 radical (unpaired) electrons. The third kappa shape index (κ3) is 4.64. The molecule has 3 rings (SSSR count). The maximum atomic E-state index is 12.0. The molecule has 1 heterocycles. The van der Waals surface area contributed by atoms with Gasteiger partial charge in [0.25, 0.3) is 0 Å². The molecule has 27 heavy (non-hydrogen) atoms. The lowest BCUT2D eigenvalue weighted by atomic mass is 10.1. The van der Waals surface area contributed by atoms with Crippen molar-refractivity contribution in [3.05, 3.63) is 64.4 Å². The molecule has 0 aliphatic carbocycles. The number of nitrogens with zero attached hydrogens (tertiary/aromatic N) is 1. The van der Waals surface area contributed by atoms with Crippen LogP contribution < -0.4 is 9.46 Å². The Balaban J connectivity index is 1.87. The second-order valence-corrected chi connectivity index (χ2v) is 8.58. The van der Waals surface area contributed by atoms with Gasteiger partial charge in [0.15, 0.2) is 0 Å². The van der Waals surface area contributed by atoms with Crippen LogP contribution in [0.25, 0.3) is 10.8 Å². The lowest BCUT2D eigenvalue weighted by molar-refractivity contribution is 0.310. The normalized spacial score (nSPS) is 11.5. The standard InChI is InChI=1S/C19H18Cl2N2O3S/c1-2-10-27(24,25)23-17-7-6-16(20)15(19(17)21)12-26-18-5-3-4-13-11-22-9-8-14(13)18/h3-9,11,23H,2,10,12H2,1H3. The first kappa shape index (κ1) is 19.7. The number of fused-ring (bicyclic) bond motifs is 1. The Bertz CT molecular complexity index is 1070. The summed E-state index contributed by atoms with van der Waals surface area (Å²) < 4.78 is 32.5. The number of anilines is 1. The Morgan fingerprint density at radius 1 is 1.15 bits per heavy atom. The van der Waals surface area contributed by atoms with Crippen LogP contribution in [-0.4, -0.2) is 19.2 Å². The fraction of sp³-hybridized carbons (Fsp3) is 0.211. The number of halogens is 2. The molecular weight excluding hydrogens is 407 g/mol. The van der Waals surface area contributed by atoms with Crippen LogP contribution in [0.3, 0.4) is 0 Å². The molecule has 0 aliphatic heterocycles. The van der Waals surface area contributed by atoms with Gasteiger partial charge in [0.2, 0.25) is 10.0 Å². The zero-order valence-corrected chi connectivity index (χ0v) is 16.9. The van der Waals surface area contributed by atoms with E-state index < -0.39 is 10.0 Å². The molecule has 0 aliphatic rings. The van der Waals surface area contributed by atoms with E-state index >= 15 is 0 Å². The highest BCUT2D eigenvalue weighted by Gasteiger charge is 2.16. The van der Waals surface area contributed by atoms with Gasteiger partial charge in [-0.25, -0.2) is 8.42 Å². The van der Waals surface area contributed by atoms with Gasteiger partial charge < -0.3 is 4.74 Å². The van der Waals surface area contributed by atoms with Crippen molar-refractivity contribution in [2.24, 2.45) is 0 Å². The summed E-state index contributed by atoms with van der Waals surface area (Å²) in [6, 6.07) is 10.7. The SMILES string of the molecule is CCCS(=O)(=O)Nc1ccc(Cl)c(COc2cccc3cnccc23)c1Cl. The number of sulfonamides is 1. The Morgan fingerprint density at radius 2 is 1.96 bits per heavy atom. The van der Waals surface area contributed by atoms with Gasteiger partial charge >= 0.3 is 0 Å². The largest absolute Gasteiger partial charge is 0.488 e. The van der Waals surface area contributed by atoms with Crippen molar-refractivity contribution < 1.29 is 13.2 Å². The first-order valence-corrected chi connectivity index (χ1v) is 10.7. The van der Waals surface area contributed by atoms with E-state index in [2.05, 4.69) is 9.71 Å². The average Bonchev–Trinajstić information content (AvgIpc) is 2.64. The molecule has 8 heteroatoms. The van der Waals surface area contributed by atoms with E-state index in [0.717, 1.165) is 10.8 Å². The number of aromatic nitrogens is 1. The minimum Gasteiger partial charge on any atom is -0.488 e. The van der Waals surface area contributed by atoms with Crippen LogP contribution in [0.4, 0.5) is 5.69 Å². The topological polar surface area (TPSA) is 68.3 Å². The summed E-state index contributed by atoms with van der Waals surface area (Å²) in [6.45, 7) is 1.89. The molecule has 1 aromatic heterocycles. The maximum Gasteiger partial charge on any atom is 0.232 e. The first-order valence-electron chi connectivity index (χ1n) is 8.34. The number of benzene rings is 2. The van der Waals surface area contributed by atoms with Crippen molar-refractivity contribution in [3.8, 4) is 5.75 Å². The molecule has 0 amide bonds. The predicted molar refractivity (Wildman–Crippen MR) is 110 cm³/mol. The fourth-order valence-corrected chi connectivity index (χ4v) is 4.39. The summed E-state index contributed by atoms with van der Waals surface area (Å²) in [5, 5.41) is 2.50. The predicted octanol–water partition coefficient (Wildman–Crippen LogP) is 5.27. The van der Waals surface area contributed by atoms with Crippen molar-refractivity contribution in [1.29, 1.82) is 0 Å². The summed E-state index contributed by atoms with van der Waals surface area (Å²) in [6.07, 6.45) is 3.95. The number of nitrogens with one attached hydrogen (secondary N) is 1. The molecule has 2 aromatic carbocycles. The molecule has 142 valence electrons. The summed E-state index contributed by atoms with van der Waals surface area (Å²) in [4.78, 5) is 4.10. The van der Waals surface area contributed by atoms with E-state index in [4.69, 9.17) is 27.9 Å². The summed E-state index contributed by atoms with van der Waals surface area (Å²) in [5.74, 6) is 0.681. The van der Waals surface area contributed by atoms with Crippen LogP contribution in [0, 0.1) is 0 Å². The van der Waals surface area contributed by atoms with Gasteiger partial charge in [-0.15, -0.1) is 0 Å². The molecule has 3 aromatic rings. The van der Waals surface area contributed by atoms with Gasteiger partial charge in [0, 0.05) is 33.8 Å². The lowest BCUT2D eigenvalue weighted by Gasteiger charge is -2.15. The minimum atomic E-state index is -3.46. The highest BCUT2D eigenvalue weighted by molar-refractivity contribution is 7.92. The summed E-state index contributed by atoms with van der Waals surface area (Å²) in [7, 11) is -3.46. The Labute approximate surface area is 168 Å². The molecule has 0 fully saturated rings. The maximum absolute atomic E-state index is 12.0. The molecule has 1 N–H and O–H groups in total. The van der Waals surface area contributed by atoms with E-state index in [1.54, 1.807) is 31.5 Å². The molecular formula is C19H18Cl2N2O3S. The van der Waals surface area contributed by atoms with Crippen molar-refractivity contribution in [3.63, 3.8) is 0 Å². The fourth-order valence-electron chi connectivity index (χ4n) is 2.66. The van der Waals surface area contributed by atoms with Crippen molar-refractivity contribution in [2.45, 2.75) is 20.0 Å². The Hall–Kier alpha value is -2.02. The summed E-state index contributed by atoms with van der Waals surface area (Å²) in [5.41, 5.74) is 0.802. The quantitative estimate of drug-likeness (QED) is 0.560. The highest BCUT2D eigenvalue weighted by Crippen LogP contribution is 2.34. The smallest absolute Gasteiger partial charge is 0.232 e. The lowest BCUT2D eigenvalue weighted by Crippen LogP contribution is -2.16. The number of rotatable bonds is 7. The number of ether oxygens (including phenoxy) is 1. The number of hydrogen-bond acceptors (Lipinski definition) is 4. The van der Waals surface area contributed by atoms with Gasteiger partial charge in [-0.05, 0) is 30.7 Å². The second kappa shape index (κ2) is 8.33. The van der Waals surface area contributed by atoms with Crippen LogP contribution >= 0.6 is 23.2 Å². The van der Waals surface area contributed by atoms with Crippen LogP contribution in [0.2, 0.25) is 10.0 Å². The van der Waals surface area contributed by atoms with Gasteiger partial charge in [0.05, 0.1) is 16.5 Å². The number of pyridine rings is 1. The molecule has 0 atom stereocenters. The van der Waals surface area contributed by atoms with Crippen LogP contribution in [0.5, 0.6) is 5.75 Å². The van der Waals surface area contributed by atoms with Gasteiger partial charge in [-0.2, -0.15) is 0 Å². The number of hydrogen-bond donors (Lipinski definition) is 1. The van der Waals surface area contributed by atoms with Crippen LogP contribution in [0.15, 0.2) is 48.8 Å². The highest BCUT2D eigenvalue weighted by atomic mass is 35.5. The molecule has 0 unspecified atom stereocenters. The van der Waals surface area contributed by atoms with E-state index in [1.165, 1.54) is 0 Å². The average molecular weight is 425 g/mol. The monoisotopic (exact) mass is 424 g/mol. The third-order valence-corrected chi connectivity index (χ3v) is 6.20. The summed E-state index contributed by atoms with van der Waals surface area (Å²) >= 11 is 12.7. The first-order chi connectivity index (χ1) is 12.9. The van der Waals surface area contributed by atoms with Crippen molar-refractivity contribution in [1.82, 2.24) is 4.98 Å². The zero-order chi connectivity index (χ0) is 19.4. The van der Waals surface area contributed by atoms with Crippen molar-refractivity contribution >= 4 is 49.7 Å². The Morgan fingerprint density at radius 3 is 2.74 bits per heavy atom. The van der Waals surface area contributed by atoms with E-state index in [1.807, 2.05) is 24.3 Å². The van der Waals surface area contributed by atoms with E-state index in [9.17, 15) is 8.42 Å². The van der Waals surface area contributed by atoms with Gasteiger partial charge in [-0.3, -0.25) is 9.71 Å². The molecule has 0 saturated heterocycles. The van der Waals surface area contributed by atoms with E-state index in [0.29, 0.717) is 22.8 Å². The van der Waals surface area contributed by atoms with Crippen LogP contribution in [-0.2, 0) is 16.6 Å². The second-order valence-electron chi connectivity index (χ2n) is 5.95. The zero-order valence-electron chi connectivity index (χ0n) is 14.6. The van der Waals surface area contributed by atoms with Gasteiger partial charge in [0.1, 0.15) is 12.4 Å². The van der Waals surface area contributed by atoms with Crippen molar-refractivity contribution in [2.75, 3.05) is 10.5 Å². The molecule has 0 bridgehead atoms. The van der Waals surface area contributed by atoms with E-state index in [-0.39, 0.29) is 23.1 Å². The van der Waals surface area contributed by atoms with Gasteiger partial charge in [-0.1, -0.05) is 42.3 Å². The Kier molecular flexibility index (Phi) is 6.09. The molecule has 5 nitrogen and oxygen atoms in total. The third-order valence-electron chi connectivity index (χ3n) is 3.94. The minimum absolute atomic E-state index is 0.0157.